The lowest BCUT2D eigenvalue weighted by Gasteiger charge is -2.16. The van der Waals surface area contributed by atoms with Gasteiger partial charge in [0.15, 0.2) is 0 Å². The largest absolute Gasteiger partial charge is 0.376 e. The van der Waals surface area contributed by atoms with E-state index in [2.05, 4.69) is 5.32 Å². The van der Waals surface area contributed by atoms with Crippen LogP contribution in [0.3, 0.4) is 0 Å². The Balaban J connectivity index is 1.66. The molecule has 0 radical (unpaired) electrons. The molecule has 1 heterocycles. The van der Waals surface area contributed by atoms with Crippen molar-refractivity contribution in [2.45, 2.75) is 26.4 Å². The van der Waals surface area contributed by atoms with E-state index in [0.717, 1.165) is 18.4 Å². The van der Waals surface area contributed by atoms with E-state index in [9.17, 15) is 9.00 Å². The van der Waals surface area contributed by atoms with Crippen LogP contribution >= 0.6 is 0 Å². The number of hydrogen-bond acceptors (Lipinski definition) is 3. The minimum absolute atomic E-state index is 0.0945. The molecule has 0 fully saturated rings. The van der Waals surface area contributed by atoms with Gasteiger partial charge in [0, 0.05) is 34.1 Å². The van der Waals surface area contributed by atoms with Gasteiger partial charge in [-0.15, -0.1) is 0 Å². The fraction of sp³-hybridized carbons (Fsp3) is 0.471. The van der Waals surface area contributed by atoms with Gasteiger partial charge in [-0.25, -0.2) is 0 Å². The second-order valence-electron chi connectivity index (χ2n) is 5.65. The lowest BCUT2D eigenvalue weighted by atomic mass is 10.1. The quantitative estimate of drug-likeness (QED) is 0.839. The Kier molecular flexibility index (Phi) is 6.80. The molecule has 2 rings (SSSR count). The fourth-order valence-corrected chi connectivity index (χ4v) is 3.33. The van der Waals surface area contributed by atoms with Crippen molar-refractivity contribution in [2.24, 2.45) is 5.92 Å². The number of nitrogens with one attached hydrogen (secondary N) is 1. The van der Waals surface area contributed by atoms with Crippen LogP contribution in [0, 0.1) is 5.92 Å². The van der Waals surface area contributed by atoms with Gasteiger partial charge in [-0.3, -0.25) is 9.00 Å². The summed E-state index contributed by atoms with van der Waals surface area (Å²) in [7, 11) is -0.979. The molecule has 1 aliphatic heterocycles. The van der Waals surface area contributed by atoms with Crippen molar-refractivity contribution in [1.29, 1.82) is 0 Å². The molecule has 5 heteroatoms. The highest BCUT2D eigenvalue weighted by molar-refractivity contribution is 7.88. The maximum Gasteiger partial charge on any atom is 0.247 e. The second kappa shape index (κ2) is 8.86. The third-order valence-corrected chi connectivity index (χ3v) is 4.72. The summed E-state index contributed by atoms with van der Waals surface area (Å²) in [6, 6.07) is 10.0. The zero-order chi connectivity index (χ0) is 15.8. The van der Waals surface area contributed by atoms with Crippen molar-refractivity contribution in [1.82, 2.24) is 5.32 Å². The third-order valence-electron chi connectivity index (χ3n) is 3.48. The summed E-state index contributed by atoms with van der Waals surface area (Å²) in [5, 5.41) is 4.49. The molecule has 22 heavy (non-hydrogen) atoms. The van der Waals surface area contributed by atoms with Crippen LogP contribution in [0.2, 0.25) is 0 Å². The predicted molar refractivity (Wildman–Crippen MR) is 88.6 cm³/mol. The van der Waals surface area contributed by atoms with Crippen LogP contribution < -0.4 is 5.32 Å². The highest BCUT2D eigenvalue weighted by Gasteiger charge is 2.16. The van der Waals surface area contributed by atoms with E-state index in [0.29, 0.717) is 31.1 Å². The number of carbonyl (C=O) groups is 1. The fourth-order valence-electron chi connectivity index (χ4n) is 2.24. The second-order valence-corrected chi connectivity index (χ2v) is 7.05. The van der Waals surface area contributed by atoms with E-state index in [1.807, 2.05) is 37.3 Å². The monoisotopic (exact) mass is 321 g/mol. The van der Waals surface area contributed by atoms with Crippen molar-refractivity contribution in [3.8, 4) is 0 Å². The van der Waals surface area contributed by atoms with E-state index in [-0.39, 0.29) is 11.8 Å². The Hall–Kier alpha value is -1.46. The van der Waals surface area contributed by atoms with E-state index >= 15 is 0 Å². The summed E-state index contributed by atoms with van der Waals surface area (Å²) >= 11 is 0. The molecule has 0 bridgehead atoms. The summed E-state index contributed by atoms with van der Waals surface area (Å²) in [4.78, 5) is 12.0. The van der Waals surface area contributed by atoms with Crippen molar-refractivity contribution in [3.63, 3.8) is 0 Å². The molecule has 2 unspecified atom stereocenters. The number of hydrogen-bond donors (Lipinski definition) is 1. The van der Waals surface area contributed by atoms with E-state index in [1.54, 1.807) is 5.41 Å². The maximum atomic E-state index is 12.0. The van der Waals surface area contributed by atoms with Crippen LogP contribution in [-0.2, 0) is 26.9 Å². The van der Waals surface area contributed by atoms with Crippen LogP contribution in [0.5, 0.6) is 0 Å². The lowest BCUT2D eigenvalue weighted by Crippen LogP contribution is -2.32. The molecule has 1 aliphatic rings. The Morgan fingerprint density at radius 2 is 2.14 bits per heavy atom. The minimum atomic E-state index is -0.979. The van der Waals surface area contributed by atoms with Gasteiger partial charge in [0.1, 0.15) is 0 Å². The first kappa shape index (κ1) is 16.9. The number of rotatable bonds is 7. The van der Waals surface area contributed by atoms with Gasteiger partial charge in [-0.05, 0) is 24.3 Å². The molecule has 0 aromatic heterocycles. The lowest BCUT2D eigenvalue weighted by molar-refractivity contribution is -0.117. The minimum Gasteiger partial charge on any atom is -0.376 e. The summed E-state index contributed by atoms with van der Waals surface area (Å²) in [6.45, 7) is 3.79. The normalized spacial score (nSPS) is 19.3. The van der Waals surface area contributed by atoms with E-state index < -0.39 is 10.8 Å². The van der Waals surface area contributed by atoms with Crippen molar-refractivity contribution in [2.75, 3.05) is 18.9 Å². The van der Waals surface area contributed by atoms with Gasteiger partial charge in [-0.2, -0.15) is 0 Å². The van der Waals surface area contributed by atoms with Gasteiger partial charge in [0.2, 0.25) is 5.91 Å². The molecule has 0 spiro atoms. The Morgan fingerprint density at radius 1 is 1.36 bits per heavy atom. The van der Waals surface area contributed by atoms with Crippen LogP contribution in [0.1, 0.15) is 25.3 Å². The standard InChI is InChI=1S/C17H23NO3S/c1-14(11-21-12-15-6-3-2-4-7-15)10-18-17(19)16-8-5-9-22(20)13-16/h2-4,6-7,13-14H,5,8-12H2,1H3,(H,18,19). The SMILES string of the molecule is CC(CNC(=O)C1=CS(=O)CCC1)COCc1ccccc1. The Bertz CT molecular complexity index is 542. The predicted octanol–water partition coefficient (Wildman–Crippen LogP) is 2.38. The molecule has 0 saturated heterocycles. The smallest absolute Gasteiger partial charge is 0.247 e. The Morgan fingerprint density at radius 3 is 2.86 bits per heavy atom. The number of carbonyl (C=O) groups excluding carboxylic acids is 1. The first-order chi connectivity index (χ1) is 10.6. The van der Waals surface area contributed by atoms with Gasteiger partial charge >= 0.3 is 0 Å². The van der Waals surface area contributed by atoms with Gasteiger partial charge in [-0.1, -0.05) is 37.3 Å². The van der Waals surface area contributed by atoms with Crippen molar-refractivity contribution >= 4 is 16.7 Å². The molecule has 1 aromatic rings. The first-order valence-electron chi connectivity index (χ1n) is 7.63. The van der Waals surface area contributed by atoms with Crippen molar-refractivity contribution in [3.05, 3.63) is 46.9 Å². The molecule has 1 N–H and O–H groups in total. The average Bonchev–Trinajstić information content (AvgIpc) is 2.53. The number of amides is 1. The number of benzene rings is 1. The summed E-state index contributed by atoms with van der Waals surface area (Å²) in [5.41, 5.74) is 1.80. The van der Waals surface area contributed by atoms with E-state index in [4.69, 9.17) is 4.74 Å². The summed E-state index contributed by atoms with van der Waals surface area (Å²) in [6.07, 6.45) is 1.54. The third kappa shape index (κ3) is 5.73. The molecule has 2 atom stereocenters. The molecule has 0 aliphatic carbocycles. The molecule has 4 nitrogen and oxygen atoms in total. The number of ether oxygens (including phenoxy) is 1. The molecular formula is C17H23NO3S. The molecule has 1 aromatic carbocycles. The molecule has 1 amide bonds. The highest BCUT2D eigenvalue weighted by atomic mass is 32.2. The van der Waals surface area contributed by atoms with Crippen LogP contribution in [-0.4, -0.2) is 29.0 Å². The molecule has 0 saturated carbocycles. The zero-order valence-electron chi connectivity index (χ0n) is 12.9. The highest BCUT2D eigenvalue weighted by Crippen LogP contribution is 2.14. The topological polar surface area (TPSA) is 55.4 Å². The molecule has 120 valence electrons. The first-order valence-corrected chi connectivity index (χ1v) is 9.01. The van der Waals surface area contributed by atoms with Gasteiger partial charge in [0.05, 0.1) is 13.2 Å². The van der Waals surface area contributed by atoms with Crippen LogP contribution in [0.15, 0.2) is 41.3 Å². The van der Waals surface area contributed by atoms with Crippen LogP contribution in [0.4, 0.5) is 0 Å². The Labute approximate surface area is 134 Å². The average molecular weight is 321 g/mol. The van der Waals surface area contributed by atoms with Crippen LogP contribution in [0.25, 0.3) is 0 Å². The summed E-state index contributed by atoms with van der Waals surface area (Å²) < 4.78 is 17.1. The van der Waals surface area contributed by atoms with Gasteiger partial charge in [0.25, 0.3) is 0 Å². The van der Waals surface area contributed by atoms with Gasteiger partial charge < -0.3 is 10.1 Å². The molecular weight excluding hydrogens is 298 g/mol. The summed E-state index contributed by atoms with van der Waals surface area (Å²) in [5.74, 6) is 0.811. The maximum absolute atomic E-state index is 12.0. The van der Waals surface area contributed by atoms with E-state index in [1.165, 1.54) is 0 Å². The van der Waals surface area contributed by atoms with Crippen molar-refractivity contribution < 1.29 is 13.7 Å². The zero-order valence-corrected chi connectivity index (χ0v) is 13.7.